The number of phosphoric acid groups is 1. The van der Waals surface area contributed by atoms with Crippen molar-refractivity contribution >= 4 is 7.82 Å². The molecule has 0 bridgehead atoms. The normalized spacial score (nSPS) is 14.9. The number of hydrogen-bond donors (Lipinski definition) is 1. The van der Waals surface area contributed by atoms with Crippen molar-refractivity contribution < 1.29 is 28.1 Å². The van der Waals surface area contributed by atoms with Crippen LogP contribution < -0.4 is 4.89 Å². The molecule has 7 heteroatoms. The van der Waals surface area contributed by atoms with Gasteiger partial charge in [-0.2, -0.15) is 0 Å². The van der Waals surface area contributed by atoms with Gasteiger partial charge in [0, 0.05) is 0 Å². The molecular formula is C27H58NO5P. The zero-order valence-electron chi connectivity index (χ0n) is 23.1. The molecule has 0 radical (unpaired) electrons. The fraction of sp³-hybridized carbons (Fsp3) is 1.00. The van der Waals surface area contributed by atoms with Crippen LogP contribution in [0.4, 0.5) is 0 Å². The van der Waals surface area contributed by atoms with E-state index in [1.165, 1.54) is 103 Å². The number of hydrogen-bond acceptors (Lipinski definition) is 5. The molecule has 1 N–H and O–H groups in total. The standard InChI is InChI=1S/C27H58NO5P/c1-5-6-7-8-9-10-11-12-13-14-15-16-17-18-19-20-21-22-23-27(29)26-33-34(30,31)32-25-24-28(2,3)4/h27,29H,5-26H2,1-4H3. The second-order valence-electron chi connectivity index (χ2n) is 11.0. The summed E-state index contributed by atoms with van der Waals surface area (Å²) in [4.78, 5) is 11.7. The van der Waals surface area contributed by atoms with E-state index in [2.05, 4.69) is 6.92 Å². The van der Waals surface area contributed by atoms with Crippen molar-refractivity contribution in [3.63, 3.8) is 0 Å². The van der Waals surface area contributed by atoms with E-state index in [4.69, 9.17) is 9.05 Å². The summed E-state index contributed by atoms with van der Waals surface area (Å²) in [6, 6.07) is 0. The number of likely N-dealkylation sites (N-methyl/N-ethyl adjacent to an activating group) is 1. The SMILES string of the molecule is CCCCCCCCCCCCCCCCCCCCC(O)COP(=O)([O-])OCC[N+](C)(C)C. The van der Waals surface area contributed by atoms with Crippen molar-refractivity contribution in [2.24, 2.45) is 0 Å². The smallest absolute Gasteiger partial charge is 0.268 e. The number of aliphatic hydroxyl groups excluding tert-OH is 1. The van der Waals surface area contributed by atoms with Crippen LogP contribution in [0.5, 0.6) is 0 Å². The molecule has 2 atom stereocenters. The third-order valence-electron chi connectivity index (χ3n) is 6.33. The van der Waals surface area contributed by atoms with Gasteiger partial charge in [0.1, 0.15) is 13.2 Å². The fourth-order valence-electron chi connectivity index (χ4n) is 4.01. The molecule has 0 aromatic heterocycles. The van der Waals surface area contributed by atoms with Gasteiger partial charge in [-0.25, -0.2) is 0 Å². The van der Waals surface area contributed by atoms with Crippen molar-refractivity contribution in [1.82, 2.24) is 0 Å². The molecule has 34 heavy (non-hydrogen) atoms. The molecule has 0 aliphatic rings. The molecule has 0 spiro atoms. The van der Waals surface area contributed by atoms with Crippen molar-refractivity contribution in [2.45, 2.75) is 135 Å². The molecule has 0 aliphatic heterocycles. The number of nitrogens with zero attached hydrogens (tertiary/aromatic N) is 1. The molecule has 0 saturated carbocycles. The predicted molar refractivity (Wildman–Crippen MR) is 142 cm³/mol. The molecule has 0 fully saturated rings. The fourth-order valence-corrected chi connectivity index (χ4v) is 4.74. The molecule has 6 nitrogen and oxygen atoms in total. The van der Waals surface area contributed by atoms with Crippen molar-refractivity contribution in [1.29, 1.82) is 0 Å². The Balaban J connectivity index is 3.37. The summed E-state index contributed by atoms with van der Waals surface area (Å²) in [5.74, 6) is 0. The van der Waals surface area contributed by atoms with E-state index in [0.717, 1.165) is 12.8 Å². The Morgan fingerprint density at radius 3 is 1.47 bits per heavy atom. The molecule has 0 aliphatic carbocycles. The van der Waals surface area contributed by atoms with E-state index in [9.17, 15) is 14.6 Å². The Morgan fingerprint density at radius 2 is 1.09 bits per heavy atom. The minimum atomic E-state index is -4.33. The molecule has 0 heterocycles. The van der Waals surface area contributed by atoms with Gasteiger partial charge in [0.2, 0.25) is 0 Å². The third kappa shape index (κ3) is 26.6. The Morgan fingerprint density at radius 1 is 0.706 bits per heavy atom. The highest BCUT2D eigenvalue weighted by atomic mass is 31.2. The van der Waals surface area contributed by atoms with E-state index in [1.807, 2.05) is 21.1 Å². The van der Waals surface area contributed by atoms with Crippen LogP contribution in [0.25, 0.3) is 0 Å². The summed E-state index contributed by atoms with van der Waals surface area (Å²) in [6.07, 6.45) is 23.7. The average molecular weight is 508 g/mol. The van der Waals surface area contributed by atoms with Crippen molar-refractivity contribution in [3.8, 4) is 0 Å². The van der Waals surface area contributed by atoms with Crippen LogP contribution in [-0.2, 0) is 13.6 Å². The summed E-state index contributed by atoms with van der Waals surface area (Å²) in [5.41, 5.74) is 0. The zero-order chi connectivity index (χ0) is 25.5. The van der Waals surface area contributed by atoms with Crippen LogP contribution in [-0.4, -0.2) is 56.6 Å². The molecule has 0 rings (SSSR count). The lowest BCUT2D eigenvalue weighted by Crippen LogP contribution is -2.37. The molecule has 0 aromatic rings. The van der Waals surface area contributed by atoms with Crippen LogP contribution in [0.2, 0.25) is 0 Å². The first kappa shape index (κ1) is 34.0. The number of rotatable bonds is 26. The van der Waals surface area contributed by atoms with E-state index >= 15 is 0 Å². The van der Waals surface area contributed by atoms with Crippen molar-refractivity contribution in [2.75, 3.05) is 40.9 Å². The van der Waals surface area contributed by atoms with E-state index in [0.29, 0.717) is 17.4 Å². The topological polar surface area (TPSA) is 78.8 Å². The summed E-state index contributed by atoms with van der Waals surface area (Å²) in [7, 11) is 1.55. The second-order valence-corrected chi connectivity index (χ2v) is 12.5. The van der Waals surface area contributed by atoms with Gasteiger partial charge in [0.15, 0.2) is 0 Å². The van der Waals surface area contributed by atoms with Crippen molar-refractivity contribution in [3.05, 3.63) is 0 Å². The van der Waals surface area contributed by atoms with Gasteiger partial charge < -0.3 is 23.5 Å². The Bertz CT molecular complexity index is 484. The summed E-state index contributed by atoms with van der Waals surface area (Å²) >= 11 is 0. The van der Waals surface area contributed by atoms with Crippen LogP contribution >= 0.6 is 7.82 Å². The molecule has 0 aromatic carbocycles. The molecule has 2 unspecified atom stereocenters. The minimum absolute atomic E-state index is 0.0830. The van der Waals surface area contributed by atoms with Crippen LogP contribution in [0.1, 0.15) is 129 Å². The highest BCUT2D eigenvalue weighted by Gasteiger charge is 2.15. The number of phosphoric ester groups is 1. The lowest BCUT2D eigenvalue weighted by Gasteiger charge is -2.27. The monoisotopic (exact) mass is 507 g/mol. The predicted octanol–water partition coefficient (Wildman–Crippen LogP) is 6.99. The largest absolute Gasteiger partial charge is 0.756 e. The second kappa shape index (κ2) is 22.2. The van der Waals surface area contributed by atoms with Gasteiger partial charge in [-0.3, -0.25) is 4.57 Å². The summed E-state index contributed by atoms with van der Waals surface area (Å²) in [6.45, 7) is 2.71. The van der Waals surface area contributed by atoms with E-state index < -0.39 is 13.9 Å². The van der Waals surface area contributed by atoms with Crippen LogP contribution in [0.3, 0.4) is 0 Å². The van der Waals surface area contributed by atoms with E-state index in [-0.39, 0.29) is 13.2 Å². The Kier molecular flexibility index (Phi) is 22.3. The van der Waals surface area contributed by atoms with Gasteiger partial charge in [-0.15, -0.1) is 0 Å². The van der Waals surface area contributed by atoms with E-state index in [1.54, 1.807) is 0 Å². The maximum Gasteiger partial charge on any atom is 0.268 e. The third-order valence-corrected chi connectivity index (χ3v) is 7.29. The Labute approximate surface area is 212 Å². The maximum atomic E-state index is 11.7. The average Bonchev–Trinajstić information content (AvgIpc) is 2.76. The van der Waals surface area contributed by atoms with Crippen LogP contribution in [0, 0.1) is 0 Å². The molecule has 206 valence electrons. The van der Waals surface area contributed by atoms with Gasteiger partial charge in [0.25, 0.3) is 7.82 Å². The molecular weight excluding hydrogens is 449 g/mol. The first-order chi connectivity index (χ1) is 16.2. The zero-order valence-corrected chi connectivity index (χ0v) is 24.0. The van der Waals surface area contributed by atoms with Gasteiger partial charge in [-0.05, 0) is 6.42 Å². The van der Waals surface area contributed by atoms with Gasteiger partial charge in [0.05, 0.1) is 33.9 Å². The Hall–Kier alpha value is 0.0300. The summed E-state index contributed by atoms with van der Waals surface area (Å²) < 4.78 is 22.0. The minimum Gasteiger partial charge on any atom is -0.756 e. The highest BCUT2D eigenvalue weighted by Crippen LogP contribution is 2.38. The highest BCUT2D eigenvalue weighted by molar-refractivity contribution is 7.45. The molecule has 0 amide bonds. The quantitative estimate of drug-likeness (QED) is 0.0775. The first-order valence-corrected chi connectivity index (χ1v) is 15.7. The lowest BCUT2D eigenvalue weighted by atomic mass is 10.0. The maximum absolute atomic E-state index is 11.7. The van der Waals surface area contributed by atoms with Crippen LogP contribution in [0.15, 0.2) is 0 Å². The van der Waals surface area contributed by atoms with Gasteiger partial charge in [-0.1, -0.05) is 122 Å². The lowest BCUT2D eigenvalue weighted by molar-refractivity contribution is -0.870. The number of quaternary nitrogens is 1. The number of aliphatic hydroxyl groups is 1. The summed E-state index contributed by atoms with van der Waals surface area (Å²) in [5, 5.41) is 9.96. The molecule has 0 saturated heterocycles. The van der Waals surface area contributed by atoms with Gasteiger partial charge >= 0.3 is 0 Å². The first-order valence-electron chi connectivity index (χ1n) is 14.2. The number of unbranched alkanes of at least 4 members (excludes halogenated alkanes) is 17.